The summed E-state index contributed by atoms with van der Waals surface area (Å²) in [5, 5.41) is 7.06. The van der Waals surface area contributed by atoms with Crippen LogP contribution in [0, 0.1) is 0 Å². The van der Waals surface area contributed by atoms with Crippen LogP contribution in [0.4, 0.5) is 5.82 Å². The van der Waals surface area contributed by atoms with Crippen molar-refractivity contribution in [2.24, 2.45) is 4.99 Å². The fraction of sp³-hybridized carbons (Fsp3) is 0.571. The molecule has 134 valence electrons. The third kappa shape index (κ3) is 5.81. The van der Waals surface area contributed by atoms with E-state index < -0.39 is 10.0 Å². The van der Waals surface area contributed by atoms with Crippen LogP contribution >= 0.6 is 11.6 Å². The molecule has 24 heavy (non-hydrogen) atoms. The van der Waals surface area contributed by atoms with Crippen molar-refractivity contribution in [1.82, 2.24) is 20.3 Å². The Kier molecular flexibility index (Phi) is 6.64. The standard InChI is InChI=1S/C14H23ClN6O2S/c1-16-14(18-7-8-19-24(2,22)23)20-11-5-9-21(10-11)13-12(15)4-3-6-17-13/h3-4,6,11,19H,5,7-10H2,1-2H3,(H2,16,18,20). The lowest BCUT2D eigenvalue weighted by Crippen LogP contribution is -2.46. The highest BCUT2D eigenvalue weighted by Gasteiger charge is 2.25. The lowest BCUT2D eigenvalue weighted by molar-refractivity contribution is 0.585. The summed E-state index contributed by atoms with van der Waals surface area (Å²) >= 11 is 6.19. The second-order valence-electron chi connectivity index (χ2n) is 5.55. The first kappa shape index (κ1) is 18.8. The zero-order chi connectivity index (χ0) is 17.6. The Hall–Kier alpha value is -1.58. The Labute approximate surface area is 147 Å². The molecule has 0 saturated carbocycles. The molecular formula is C14H23ClN6O2S. The van der Waals surface area contributed by atoms with E-state index in [0.29, 0.717) is 24.1 Å². The lowest BCUT2D eigenvalue weighted by Gasteiger charge is -2.20. The molecule has 2 heterocycles. The first-order valence-corrected chi connectivity index (χ1v) is 9.93. The molecule has 1 aromatic heterocycles. The Bertz CT molecular complexity index is 682. The zero-order valence-corrected chi connectivity index (χ0v) is 15.4. The van der Waals surface area contributed by atoms with E-state index in [2.05, 4.69) is 30.2 Å². The lowest BCUT2D eigenvalue weighted by atomic mass is 10.3. The maximum Gasteiger partial charge on any atom is 0.208 e. The van der Waals surface area contributed by atoms with E-state index in [1.54, 1.807) is 13.2 Å². The van der Waals surface area contributed by atoms with Crippen molar-refractivity contribution < 1.29 is 8.42 Å². The summed E-state index contributed by atoms with van der Waals surface area (Å²) in [6, 6.07) is 3.87. The Morgan fingerprint density at radius 3 is 2.96 bits per heavy atom. The molecule has 3 N–H and O–H groups in total. The van der Waals surface area contributed by atoms with Crippen molar-refractivity contribution in [3.05, 3.63) is 23.4 Å². The number of aromatic nitrogens is 1. The van der Waals surface area contributed by atoms with E-state index in [1.165, 1.54) is 0 Å². The van der Waals surface area contributed by atoms with Gasteiger partial charge in [-0.25, -0.2) is 18.1 Å². The van der Waals surface area contributed by atoms with Gasteiger partial charge in [0.25, 0.3) is 0 Å². The second kappa shape index (κ2) is 8.50. The molecule has 0 bridgehead atoms. The van der Waals surface area contributed by atoms with Crippen molar-refractivity contribution in [2.75, 3.05) is 44.4 Å². The van der Waals surface area contributed by atoms with Crippen molar-refractivity contribution in [2.45, 2.75) is 12.5 Å². The van der Waals surface area contributed by atoms with Gasteiger partial charge in [-0.15, -0.1) is 0 Å². The van der Waals surface area contributed by atoms with Crippen LogP contribution in [0.25, 0.3) is 0 Å². The Morgan fingerprint density at radius 2 is 2.29 bits per heavy atom. The predicted molar refractivity (Wildman–Crippen MR) is 97.2 cm³/mol. The van der Waals surface area contributed by atoms with Crippen LogP contribution in [0.3, 0.4) is 0 Å². The Morgan fingerprint density at radius 1 is 1.50 bits per heavy atom. The summed E-state index contributed by atoms with van der Waals surface area (Å²) in [6.45, 7) is 2.40. The monoisotopic (exact) mass is 374 g/mol. The number of anilines is 1. The molecule has 10 heteroatoms. The molecule has 1 aliphatic rings. The third-order valence-electron chi connectivity index (χ3n) is 3.57. The molecule has 2 rings (SSSR count). The number of rotatable bonds is 6. The summed E-state index contributed by atoms with van der Waals surface area (Å²) in [5.74, 6) is 1.44. The number of hydrogen-bond donors (Lipinski definition) is 3. The largest absolute Gasteiger partial charge is 0.355 e. The predicted octanol–water partition coefficient (Wildman–Crippen LogP) is 0.0279. The maximum absolute atomic E-state index is 11.0. The quantitative estimate of drug-likeness (QED) is 0.369. The number of aliphatic imine (C=N–C) groups is 1. The van der Waals surface area contributed by atoms with Gasteiger partial charge in [-0.1, -0.05) is 11.6 Å². The molecule has 1 unspecified atom stereocenters. The highest BCUT2D eigenvalue weighted by molar-refractivity contribution is 7.88. The zero-order valence-electron chi connectivity index (χ0n) is 13.8. The van der Waals surface area contributed by atoms with Crippen molar-refractivity contribution in [3.63, 3.8) is 0 Å². The van der Waals surface area contributed by atoms with Crippen molar-refractivity contribution >= 4 is 33.4 Å². The topological polar surface area (TPSA) is 98.7 Å². The second-order valence-corrected chi connectivity index (χ2v) is 7.79. The normalized spacial score (nSPS) is 18.7. The number of hydrogen-bond acceptors (Lipinski definition) is 5. The molecule has 0 amide bonds. The van der Waals surface area contributed by atoms with Crippen molar-refractivity contribution in [3.8, 4) is 0 Å². The summed E-state index contributed by atoms with van der Waals surface area (Å²) in [6.07, 6.45) is 3.81. The van der Waals surface area contributed by atoms with E-state index in [-0.39, 0.29) is 6.04 Å². The van der Waals surface area contributed by atoms with E-state index in [1.807, 2.05) is 12.1 Å². The molecule has 0 radical (unpaired) electrons. The SMILES string of the molecule is CN=C(NCCNS(C)(=O)=O)NC1CCN(c2ncccc2Cl)C1. The molecule has 0 aliphatic carbocycles. The smallest absolute Gasteiger partial charge is 0.208 e. The van der Waals surface area contributed by atoms with Gasteiger partial charge in [-0.2, -0.15) is 0 Å². The van der Waals surface area contributed by atoms with Crippen LogP contribution in [0.1, 0.15) is 6.42 Å². The fourth-order valence-corrected chi connectivity index (χ4v) is 3.20. The molecule has 1 fully saturated rings. The molecule has 0 spiro atoms. The maximum atomic E-state index is 11.0. The van der Waals surface area contributed by atoms with Gasteiger partial charge in [0.2, 0.25) is 10.0 Å². The molecule has 1 aliphatic heterocycles. The first-order chi connectivity index (χ1) is 11.4. The summed E-state index contributed by atoms with van der Waals surface area (Å²) < 4.78 is 24.5. The van der Waals surface area contributed by atoms with Crippen LogP contribution in [-0.2, 0) is 10.0 Å². The molecule has 1 saturated heterocycles. The minimum absolute atomic E-state index is 0.220. The van der Waals surface area contributed by atoms with Gasteiger partial charge < -0.3 is 15.5 Å². The summed E-state index contributed by atoms with van der Waals surface area (Å²) in [7, 11) is -1.49. The molecular weight excluding hydrogens is 352 g/mol. The molecule has 1 aromatic rings. The van der Waals surface area contributed by atoms with Gasteiger partial charge in [0.05, 0.1) is 11.3 Å². The minimum Gasteiger partial charge on any atom is -0.355 e. The number of nitrogens with zero attached hydrogens (tertiary/aromatic N) is 3. The van der Waals surface area contributed by atoms with Gasteiger partial charge in [-0.05, 0) is 18.6 Å². The first-order valence-electron chi connectivity index (χ1n) is 7.66. The fourth-order valence-electron chi connectivity index (χ4n) is 2.49. The summed E-state index contributed by atoms with van der Waals surface area (Å²) in [4.78, 5) is 10.6. The Balaban J connectivity index is 1.80. The van der Waals surface area contributed by atoms with Crippen LogP contribution in [0.5, 0.6) is 0 Å². The van der Waals surface area contributed by atoms with Gasteiger partial charge >= 0.3 is 0 Å². The van der Waals surface area contributed by atoms with Crippen molar-refractivity contribution in [1.29, 1.82) is 0 Å². The summed E-state index contributed by atoms with van der Waals surface area (Å²) in [5.41, 5.74) is 0. The highest BCUT2D eigenvalue weighted by Crippen LogP contribution is 2.25. The van der Waals surface area contributed by atoms with E-state index in [4.69, 9.17) is 11.6 Å². The molecule has 1 atom stereocenters. The van der Waals surface area contributed by atoms with E-state index >= 15 is 0 Å². The number of nitrogens with one attached hydrogen (secondary N) is 3. The average Bonchev–Trinajstić information content (AvgIpc) is 2.98. The average molecular weight is 375 g/mol. The third-order valence-corrected chi connectivity index (χ3v) is 4.60. The van der Waals surface area contributed by atoms with Gasteiger partial charge in [0, 0.05) is 45.5 Å². The highest BCUT2D eigenvalue weighted by atomic mass is 35.5. The molecule has 0 aromatic carbocycles. The minimum atomic E-state index is -3.17. The number of halogens is 1. The van der Waals surface area contributed by atoms with Gasteiger partial charge in [0.15, 0.2) is 5.96 Å². The van der Waals surface area contributed by atoms with Crippen LogP contribution in [0.2, 0.25) is 5.02 Å². The van der Waals surface area contributed by atoms with Gasteiger partial charge in [-0.3, -0.25) is 4.99 Å². The van der Waals surface area contributed by atoms with Crippen LogP contribution < -0.4 is 20.3 Å². The molecule has 8 nitrogen and oxygen atoms in total. The number of guanidine groups is 1. The number of pyridine rings is 1. The number of sulfonamides is 1. The van der Waals surface area contributed by atoms with Gasteiger partial charge in [0.1, 0.15) is 5.82 Å². The van der Waals surface area contributed by atoms with Crippen LogP contribution in [-0.4, -0.2) is 64.9 Å². The van der Waals surface area contributed by atoms with E-state index in [0.717, 1.165) is 31.6 Å². The van der Waals surface area contributed by atoms with Crippen LogP contribution in [0.15, 0.2) is 23.3 Å². The van der Waals surface area contributed by atoms with E-state index in [9.17, 15) is 8.42 Å².